The summed E-state index contributed by atoms with van der Waals surface area (Å²) in [5, 5.41) is 2.08. The lowest BCUT2D eigenvalue weighted by Crippen LogP contribution is -2.36. The minimum atomic E-state index is -0.223. The summed E-state index contributed by atoms with van der Waals surface area (Å²) in [6.07, 6.45) is 5.98. The Morgan fingerprint density at radius 1 is 1.53 bits per heavy atom. The Morgan fingerprint density at radius 3 is 3.32 bits per heavy atom. The Morgan fingerprint density at radius 2 is 2.47 bits per heavy atom. The summed E-state index contributed by atoms with van der Waals surface area (Å²) < 4.78 is 7.18. The van der Waals surface area contributed by atoms with E-state index in [1.165, 1.54) is 10.4 Å². The molecule has 19 heavy (non-hydrogen) atoms. The van der Waals surface area contributed by atoms with Gasteiger partial charge in [0, 0.05) is 23.8 Å². The molecule has 1 aliphatic heterocycles. The molecule has 3 rings (SSSR count). The highest BCUT2D eigenvalue weighted by Crippen LogP contribution is 2.24. The molecule has 6 heteroatoms. The number of imidazole rings is 1. The Labute approximate surface area is 115 Å². The molecule has 0 N–H and O–H groups in total. The topological polar surface area (TPSA) is 47.4 Å². The van der Waals surface area contributed by atoms with Crippen molar-refractivity contribution in [3.05, 3.63) is 40.6 Å². The molecule has 1 aliphatic rings. The van der Waals surface area contributed by atoms with E-state index in [0.717, 1.165) is 13.0 Å². The second-order valence-corrected chi connectivity index (χ2v) is 5.46. The number of hydrogen-bond donors (Lipinski definition) is 0. The van der Waals surface area contributed by atoms with Gasteiger partial charge in [-0.05, 0) is 23.4 Å². The summed E-state index contributed by atoms with van der Waals surface area (Å²) in [4.78, 5) is 18.9. The molecule has 3 heterocycles. The molecule has 0 spiro atoms. The summed E-state index contributed by atoms with van der Waals surface area (Å²) in [5.74, 6) is 0. The van der Waals surface area contributed by atoms with Crippen molar-refractivity contribution in [1.82, 2.24) is 14.5 Å². The zero-order chi connectivity index (χ0) is 13.1. The molecule has 100 valence electrons. The first-order valence-electron chi connectivity index (χ1n) is 6.25. The number of ether oxygens (including phenoxy) is 1. The van der Waals surface area contributed by atoms with Crippen molar-refractivity contribution in [2.45, 2.75) is 19.5 Å². The highest BCUT2D eigenvalue weighted by molar-refractivity contribution is 7.10. The van der Waals surface area contributed by atoms with Crippen molar-refractivity contribution in [3.63, 3.8) is 0 Å². The van der Waals surface area contributed by atoms with Crippen molar-refractivity contribution in [2.75, 3.05) is 13.2 Å². The van der Waals surface area contributed by atoms with E-state index in [9.17, 15) is 4.79 Å². The van der Waals surface area contributed by atoms with Gasteiger partial charge in [0.05, 0.1) is 19.4 Å². The molecule has 0 radical (unpaired) electrons. The molecule has 1 amide bonds. The first-order chi connectivity index (χ1) is 9.33. The van der Waals surface area contributed by atoms with Crippen molar-refractivity contribution >= 4 is 17.4 Å². The third-order valence-electron chi connectivity index (χ3n) is 3.22. The molecule has 5 nitrogen and oxygen atoms in total. The fraction of sp³-hybridized carbons (Fsp3) is 0.385. The number of hydrogen-bond acceptors (Lipinski definition) is 4. The number of carbonyl (C=O) groups excluding carboxylic acids is 1. The van der Waals surface area contributed by atoms with Crippen LogP contribution in [0.1, 0.15) is 10.4 Å². The van der Waals surface area contributed by atoms with E-state index < -0.39 is 0 Å². The number of thiophene rings is 1. The lowest BCUT2D eigenvalue weighted by molar-refractivity contribution is 0.0952. The molecule has 2 aromatic heterocycles. The molecule has 0 atom stereocenters. The Kier molecular flexibility index (Phi) is 3.50. The first-order valence-corrected chi connectivity index (χ1v) is 7.13. The Hall–Kier alpha value is -1.82. The third kappa shape index (κ3) is 2.78. The van der Waals surface area contributed by atoms with Gasteiger partial charge in [0.1, 0.15) is 6.61 Å². The van der Waals surface area contributed by atoms with E-state index >= 15 is 0 Å². The van der Waals surface area contributed by atoms with Gasteiger partial charge >= 0.3 is 6.09 Å². The predicted octanol–water partition coefficient (Wildman–Crippen LogP) is 2.14. The highest BCUT2D eigenvalue weighted by Gasteiger charge is 2.22. The van der Waals surface area contributed by atoms with E-state index in [1.54, 1.807) is 28.8 Å². The molecule has 0 aromatic carbocycles. The first kappa shape index (κ1) is 12.2. The molecule has 0 saturated heterocycles. The zero-order valence-corrected chi connectivity index (χ0v) is 11.3. The number of rotatable bonds is 3. The normalized spacial score (nSPS) is 14.2. The van der Waals surface area contributed by atoms with E-state index in [2.05, 4.69) is 16.4 Å². The molecular formula is C13H15N3O2S. The molecule has 2 aromatic rings. The fourth-order valence-electron chi connectivity index (χ4n) is 2.14. The number of fused-ring (bicyclic) bond motifs is 1. The van der Waals surface area contributed by atoms with Gasteiger partial charge in [-0.15, -0.1) is 11.3 Å². The largest absolute Gasteiger partial charge is 0.448 e. The van der Waals surface area contributed by atoms with Crippen molar-refractivity contribution in [3.8, 4) is 0 Å². The zero-order valence-electron chi connectivity index (χ0n) is 10.5. The van der Waals surface area contributed by atoms with Crippen LogP contribution in [0, 0.1) is 0 Å². The molecule has 0 saturated carbocycles. The van der Waals surface area contributed by atoms with Crippen LogP contribution in [-0.2, 0) is 24.2 Å². The van der Waals surface area contributed by atoms with E-state index in [0.29, 0.717) is 19.7 Å². The molecule has 0 aliphatic carbocycles. The van der Waals surface area contributed by atoms with Crippen LogP contribution in [-0.4, -0.2) is 33.7 Å². The van der Waals surface area contributed by atoms with Gasteiger partial charge in [-0.3, -0.25) is 0 Å². The lowest BCUT2D eigenvalue weighted by Gasteiger charge is -2.26. The molecule has 0 bridgehead atoms. The smallest absolute Gasteiger partial charge is 0.410 e. The summed E-state index contributed by atoms with van der Waals surface area (Å²) >= 11 is 1.71. The summed E-state index contributed by atoms with van der Waals surface area (Å²) in [5.41, 5.74) is 1.37. The summed E-state index contributed by atoms with van der Waals surface area (Å²) in [6.45, 7) is 2.44. The van der Waals surface area contributed by atoms with Crippen LogP contribution >= 0.6 is 11.3 Å². The number of amides is 1. The van der Waals surface area contributed by atoms with Crippen LogP contribution < -0.4 is 0 Å². The second kappa shape index (κ2) is 5.44. The van der Waals surface area contributed by atoms with Crippen LogP contribution in [0.2, 0.25) is 0 Å². The van der Waals surface area contributed by atoms with Gasteiger partial charge in [-0.1, -0.05) is 0 Å². The number of carbonyl (C=O) groups is 1. The van der Waals surface area contributed by atoms with Crippen LogP contribution in [0.3, 0.4) is 0 Å². The van der Waals surface area contributed by atoms with Crippen molar-refractivity contribution in [2.24, 2.45) is 0 Å². The average Bonchev–Trinajstić information content (AvgIpc) is 3.08. The van der Waals surface area contributed by atoms with Gasteiger partial charge in [-0.25, -0.2) is 9.78 Å². The maximum atomic E-state index is 11.9. The summed E-state index contributed by atoms with van der Waals surface area (Å²) in [6, 6.07) is 2.14. The second-order valence-electron chi connectivity index (χ2n) is 4.46. The molecule has 0 fully saturated rings. The molecular weight excluding hydrogens is 262 g/mol. The monoisotopic (exact) mass is 277 g/mol. The van der Waals surface area contributed by atoms with Crippen LogP contribution in [0.4, 0.5) is 4.79 Å². The number of aromatic nitrogens is 2. The van der Waals surface area contributed by atoms with E-state index in [4.69, 9.17) is 4.74 Å². The lowest BCUT2D eigenvalue weighted by atomic mass is 10.1. The Bertz CT molecular complexity index is 550. The Balaban J connectivity index is 1.49. The standard InChI is InChI=1S/C13H15N3O2S/c17-13(18-7-6-15-5-3-14-10-15)16-4-1-11-2-8-19-12(11)9-16/h2-3,5,8,10H,1,4,6-7,9H2. The number of nitrogens with zero attached hydrogens (tertiary/aromatic N) is 3. The van der Waals surface area contributed by atoms with E-state index in [-0.39, 0.29) is 6.09 Å². The van der Waals surface area contributed by atoms with Crippen LogP contribution in [0.5, 0.6) is 0 Å². The van der Waals surface area contributed by atoms with Crippen LogP contribution in [0.15, 0.2) is 30.2 Å². The molecule has 0 unspecified atom stereocenters. The van der Waals surface area contributed by atoms with Crippen LogP contribution in [0.25, 0.3) is 0 Å². The van der Waals surface area contributed by atoms with Gasteiger partial charge in [0.2, 0.25) is 0 Å². The van der Waals surface area contributed by atoms with E-state index in [1.807, 2.05) is 10.8 Å². The van der Waals surface area contributed by atoms with Gasteiger partial charge in [0.15, 0.2) is 0 Å². The highest BCUT2D eigenvalue weighted by atomic mass is 32.1. The van der Waals surface area contributed by atoms with Gasteiger partial charge in [-0.2, -0.15) is 0 Å². The van der Waals surface area contributed by atoms with Crippen molar-refractivity contribution in [1.29, 1.82) is 0 Å². The minimum Gasteiger partial charge on any atom is -0.448 e. The third-order valence-corrected chi connectivity index (χ3v) is 4.16. The van der Waals surface area contributed by atoms with Crippen molar-refractivity contribution < 1.29 is 9.53 Å². The maximum absolute atomic E-state index is 11.9. The predicted molar refractivity (Wildman–Crippen MR) is 72.0 cm³/mol. The van der Waals surface area contributed by atoms with Gasteiger partial charge < -0.3 is 14.2 Å². The maximum Gasteiger partial charge on any atom is 0.410 e. The fourth-order valence-corrected chi connectivity index (χ4v) is 3.09. The summed E-state index contributed by atoms with van der Waals surface area (Å²) in [7, 11) is 0. The van der Waals surface area contributed by atoms with Gasteiger partial charge in [0.25, 0.3) is 0 Å². The SMILES string of the molecule is O=C(OCCn1ccnc1)N1CCc2ccsc2C1. The average molecular weight is 277 g/mol. The minimum absolute atomic E-state index is 0.223. The quantitative estimate of drug-likeness (QED) is 0.863.